The summed E-state index contributed by atoms with van der Waals surface area (Å²) >= 11 is 0. The van der Waals surface area contributed by atoms with Gasteiger partial charge in [0.2, 0.25) is 5.91 Å². The number of amides is 1. The van der Waals surface area contributed by atoms with Crippen molar-refractivity contribution in [3.63, 3.8) is 0 Å². The van der Waals surface area contributed by atoms with E-state index in [2.05, 4.69) is 5.32 Å². The van der Waals surface area contributed by atoms with Crippen LogP contribution in [0.3, 0.4) is 0 Å². The minimum absolute atomic E-state index is 0.289. The second-order valence-corrected chi connectivity index (χ2v) is 3.77. The Morgan fingerprint density at radius 3 is 2.67 bits per heavy atom. The first-order valence-electron chi connectivity index (χ1n) is 5.56. The quantitative estimate of drug-likeness (QED) is 0.890. The van der Waals surface area contributed by atoms with E-state index in [-0.39, 0.29) is 12.5 Å². The average Bonchev–Trinajstić information content (AvgIpc) is 2.92. The zero-order valence-corrected chi connectivity index (χ0v) is 9.67. The number of nitriles is 1. The Hall–Kier alpha value is -2.54. The highest BCUT2D eigenvalue weighted by Crippen LogP contribution is 2.14. The summed E-state index contributed by atoms with van der Waals surface area (Å²) in [7, 11) is 0. The van der Waals surface area contributed by atoms with Crippen LogP contribution in [0.25, 0.3) is 0 Å². The second kappa shape index (κ2) is 5.69. The van der Waals surface area contributed by atoms with Crippen LogP contribution in [0.15, 0.2) is 53.1 Å². The molecule has 4 heteroatoms. The van der Waals surface area contributed by atoms with E-state index >= 15 is 0 Å². The van der Waals surface area contributed by atoms with Crippen molar-refractivity contribution in [1.29, 1.82) is 5.26 Å². The van der Waals surface area contributed by atoms with Crippen molar-refractivity contribution in [2.75, 3.05) is 0 Å². The van der Waals surface area contributed by atoms with Crippen LogP contribution in [0, 0.1) is 11.3 Å². The van der Waals surface area contributed by atoms with Gasteiger partial charge >= 0.3 is 0 Å². The maximum atomic E-state index is 11.9. The summed E-state index contributed by atoms with van der Waals surface area (Å²) in [5.41, 5.74) is 0.692. The van der Waals surface area contributed by atoms with Gasteiger partial charge in [-0.15, -0.1) is 0 Å². The summed E-state index contributed by atoms with van der Waals surface area (Å²) < 4.78 is 5.11. The standard InChI is InChI=1S/C14H12N2O2/c15-9-13(11-5-2-1-3-6-11)14(17)16-10-12-7-4-8-18-12/h1-8,13H,10H2,(H,16,17). The lowest BCUT2D eigenvalue weighted by Crippen LogP contribution is -2.28. The lowest BCUT2D eigenvalue weighted by molar-refractivity contribution is -0.121. The molecular weight excluding hydrogens is 228 g/mol. The minimum Gasteiger partial charge on any atom is -0.467 e. The van der Waals surface area contributed by atoms with E-state index in [1.54, 1.807) is 42.7 Å². The molecule has 0 aliphatic carbocycles. The molecular formula is C14H12N2O2. The Morgan fingerprint density at radius 1 is 1.28 bits per heavy atom. The monoisotopic (exact) mass is 240 g/mol. The zero-order valence-electron chi connectivity index (χ0n) is 9.67. The van der Waals surface area contributed by atoms with Crippen molar-refractivity contribution in [2.24, 2.45) is 0 Å². The van der Waals surface area contributed by atoms with Gasteiger partial charge in [-0.3, -0.25) is 4.79 Å². The van der Waals surface area contributed by atoms with E-state index in [1.165, 1.54) is 0 Å². The first-order chi connectivity index (χ1) is 8.81. The van der Waals surface area contributed by atoms with Crippen LogP contribution >= 0.6 is 0 Å². The van der Waals surface area contributed by atoms with Gasteiger partial charge in [0.05, 0.1) is 18.9 Å². The van der Waals surface area contributed by atoms with Crippen LogP contribution in [-0.4, -0.2) is 5.91 Å². The third-order valence-electron chi connectivity index (χ3n) is 2.54. The van der Waals surface area contributed by atoms with Gasteiger partial charge < -0.3 is 9.73 Å². The van der Waals surface area contributed by atoms with Crippen molar-refractivity contribution in [3.8, 4) is 6.07 Å². The minimum atomic E-state index is -0.791. The van der Waals surface area contributed by atoms with E-state index in [0.717, 1.165) is 0 Å². The highest BCUT2D eigenvalue weighted by Gasteiger charge is 2.19. The van der Waals surface area contributed by atoms with Gasteiger partial charge in [0, 0.05) is 0 Å². The number of carbonyl (C=O) groups excluding carboxylic acids is 1. The molecule has 0 fully saturated rings. The predicted octanol–water partition coefficient (Wildman–Crippen LogP) is 2.20. The molecule has 0 bridgehead atoms. The summed E-state index contributed by atoms with van der Waals surface area (Å²) in [6.45, 7) is 0.289. The summed E-state index contributed by atoms with van der Waals surface area (Å²) in [5, 5.41) is 11.8. The third-order valence-corrected chi connectivity index (χ3v) is 2.54. The fraction of sp³-hybridized carbons (Fsp3) is 0.143. The Kier molecular flexibility index (Phi) is 3.77. The molecule has 1 aromatic carbocycles. The first kappa shape index (κ1) is 11.9. The molecule has 1 heterocycles. The van der Waals surface area contributed by atoms with Gasteiger partial charge in [-0.25, -0.2) is 0 Å². The summed E-state index contributed by atoms with van der Waals surface area (Å²) in [4.78, 5) is 11.9. The van der Waals surface area contributed by atoms with E-state index in [1.807, 2.05) is 12.1 Å². The molecule has 0 spiro atoms. The maximum Gasteiger partial charge on any atom is 0.242 e. The predicted molar refractivity (Wildman–Crippen MR) is 65.4 cm³/mol. The average molecular weight is 240 g/mol. The number of benzene rings is 1. The van der Waals surface area contributed by atoms with Crippen LogP contribution in [-0.2, 0) is 11.3 Å². The molecule has 1 amide bonds. The Bertz CT molecular complexity index is 541. The van der Waals surface area contributed by atoms with Gasteiger partial charge in [0.25, 0.3) is 0 Å². The molecule has 90 valence electrons. The molecule has 1 atom stereocenters. The van der Waals surface area contributed by atoms with Crippen LogP contribution in [0.5, 0.6) is 0 Å². The fourth-order valence-electron chi connectivity index (χ4n) is 1.62. The summed E-state index contributed by atoms with van der Waals surface area (Å²) in [6.07, 6.45) is 1.54. The lowest BCUT2D eigenvalue weighted by Gasteiger charge is -2.09. The SMILES string of the molecule is N#CC(C(=O)NCc1ccco1)c1ccccc1. The number of rotatable bonds is 4. The molecule has 0 radical (unpaired) electrons. The smallest absolute Gasteiger partial charge is 0.242 e. The molecule has 1 N–H and O–H groups in total. The van der Waals surface area contributed by atoms with Gasteiger partial charge in [0.15, 0.2) is 0 Å². The third kappa shape index (κ3) is 2.77. The van der Waals surface area contributed by atoms with E-state index < -0.39 is 5.92 Å². The number of hydrogen-bond donors (Lipinski definition) is 1. The van der Waals surface area contributed by atoms with Crippen LogP contribution < -0.4 is 5.32 Å². The van der Waals surface area contributed by atoms with Gasteiger partial charge in [-0.2, -0.15) is 5.26 Å². The lowest BCUT2D eigenvalue weighted by atomic mass is 10.00. The van der Waals surface area contributed by atoms with Crippen LogP contribution in [0.2, 0.25) is 0 Å². The van der Waals surface area contributed by atoms with Gasteiger partial charge in [-0.1, -0.05) is 30.3 Å². The van der Waals surface area contributed by atoms with Crippen molar-refractivity contribution < 1.29 is 9.21 Å². The van der Waals surface area contributed by atoms with E-state index in [0.29, 0.717) is 11.3 Å². The Balaban J connectivity index is 2.01. The number of furan rings is 1. The second-order valence-electron chi connectivity index (χ2n) is 3.77. The van der Waals surface area contributed by atoms with E-state index in [4.69, 9.17) is 9.68 Å². The zero-order chi connectivity index (χ0) is 12.8. The first-order valence-corrected chi connectivity index (χ1v) is 5.56. The molecule has 0 saturated heterocycles. The molecule has 0 aliphatic rings. The van der Waals surface area contributed by atoms with Gasteiger partial charge in [-0.05, 0) is 17.7 Å². The topological polar surface area (TPSA) is 66.0 Å². The van der Waals surface area contributed by atoms with E-state index in [9.17, 15) is 4.79 Å². The molecule has 0 aliphatic heterocycles. The van der Waals surface area contributed by atoms with Crippen molar-refractivity contribution in [1.82, 2.24) is 5.32 Å². The molecule has 0 saturated carbocycles. The number of nitrogens with zero attached hydrogens (tertiary/aromatic N) is 1. The van der Waals surface area contributed by atoms with Crippen molar-refractivity contribution >= 4 is 5.91 Å². The maximum absolute atomic E-state index is 11.9. The number of carbonyl (C=O) groups is 1. The largest absolute Gasteiger partial charge is 0.467 e. The van der Waals surface area contributed by atoms with Crippen LogP contribution in [0.1, 0.15) is 17.2 Å². The number of nitrogens with one attached hydrogen (secondary N) is 1. The highest BCUT2D eigenvalue weighted by molar-refractivity contribution is 5.86. The summed E-state index contributed by atoms with van der Waals surface area (Å²) in [5.74, 6) is -0.450. The Labute approximate surface area is 105 Å². The fourth-order valence-corrected chi connectivity index (χ4v) is 1.62. The number of hydrogen-bond acceptors (Lipinski definition) is 3. The molecule has 1 aromatic heterocycles. The normalized spacial score (nSPS) is 11.5. The molecule has 4 nitrogen and oxygen atoms in total. The van der Waals surface area contributed by atoms with Crippen molar-refractivity contribution in [3.05, 3.63) is 60.1 Å². The molecule has 2 aromatic rings. The van der Waals surface area contributed by atoms with Crippen LogP contribution in [0.4, 0.5) is 0 Å². The molecule has 1 unspecified atom stereocenters. The highest BCUT2D eigenvalue weighted by atomic mass is 16.3. The summed E-state index contributed by atoms with van der Waals surface area (Å²) in [6, 6.07) is 14.5. The molecule has 18 heavy (non-hydrogen) atoms. The Morgan fingerprint density at radius 2 is 2.06 bits per heavy atom. The molecule has 2 rings (SSSR count). The van der Waals surface area contributed by atoms with Crippen molar-refractivity contribution in [2.45, 2.75) is 12.5 Å². The van der Waals surface area contributed by atoms with Gasteiger partial charge in [0.1, 0.15) is 11.7 Å².